The predicted molar refractivity (Wildman–Crippen MR) is 80.6 cm³/mol. The van der Waals surface area contributed by atoms with Gasteiger partial charge in [-0.15, -0.1) is 0 Å². The molecular formula is C13H16ClN5O. The highest BCUT2D eigenvalue weighted by Crippen LogP contribution is 2.29. The van der Waals surface area contributed by atoms with E-state index in [4.69, 9.17) is 22.2 Å². The van der Waals surface area contributed by atoms with Crippen LogP contribution in [0.15, 0.2) is 18.2 Å². The molecule has 1 aromatic heterocycles. The number of nitrogens with two attached hydrogens (primary N) is 1. The number of methoxy groups -OCH3 is 1. The van der Waals surface area contributed by atoms with Gasteiger partial charge in [-0.2, -0.15) is 0 Å². The quantitative estimate of drug-likeness (QED) is 0.594. The van der Waals surface area contributed by atoms with Crippen LogP contribution in [-0.2, 0) is 0 Å². The Morgan fingerprint density at radius 2 is 1.90 bits per heavy atom. The number of aryl methyl sites for hydroxylation is 1. The van der Waals surface area contributed by atoms with E-state index in [1.54, 1.807) is 26.2 Å². The zero-order valence-corrected chi connectivity index (χ0v) is 12.2. The van der Waals surface area contributed by atoms with Gasteiger partial charge in [0.05, 0.1) is 12.1 Å². The molecule has 0 fully saturated rings. The fraction of sp³-hybridized carbons (Fsp3) is 0.231. The molecule has 0 aliphatic rings. The number of ether oxygens (including phenoxy) is 1. The lowest BCUT2D eigenvalue weighted by Gasteiger charge is -2.13. The molecule has 0 saturated carbocycles. The number of nitrogens with zero attached hydrogens (tertiary/aromatic N) is 2. The first-order chi connectivity index (χ1) is 9.55. The van der Waals surface area contributed by atoms with Crippen LogP contribution in [0, 0.1) is 13.8 Å². The summed E-state index contributed by atoms with van der Waals surface area (Å²) in [7, 11) is 1.57. The van der Waals surface area contributed by atoms with E-state index in [0.29, 0.717) is 28.2 Å². The van der Waals surface area contributed by atoms with E-state index in [2.05, 4.69) is 20.7 Å². The topological polar surface area (TPSA) is 85.1 Å². The van der Waals surface area contributed by atoms with Crippen LogP contribution in [0.4, 0.5) is 17.3 Å². The number of halogens is 1. The number of hydrogen-bond donors (Lipinski definition) is 3. The minimum Gasteiger partial charge on any atom is -0.495 e. The van der Waals surface area contributed by atoms with Crippen molar-refractivity contribution in [2.24, 2.45) is 5.84 Å². The Kier molecular flexibility index (Phi) is 4.26. The molecule has 7 heteroatoms. The number of hydrogen-bond acceptors (Lipinski definition) is 6. The number of anilines is 3. The van der Waals surface area contributed by atoms with Gasteiger partial charge in [-0.3, -0.25) is 0 Å². The van der Waals surface area contributed by atoms with Crippen LogP contribution in [0.3, 0.4) is 0 Å². The van der Waals surface area contributed by atoms with Crippen molar-refractivity contribution in [3.8, 4) is 5.75 Å². The Labute approximate surface area is 122 Å². The number of nitrogen functional groups attached to an aromatic ring is 1. The minimum atomic E-state index is 0.526. The Hall–Kier alpha value is -2.05. The van der Waals surface area contributed by atoms with Gasteiger partial charge in [-0.05, 0) is 32.0 Å². The first-order valence-corrected chi connectivity index (χ1v) is 6.35. The second-order valence-corrected chi connectivity index (χ2v) is 4.62. The number of benzene rings is 1. The monoisotopic (exact) mass is 293 g/mol. The maximum atomic E-state index is 6.10. The van der Waals surface area contributed by atoms with E-state index in [1.165, 1.54) is 0 Å². The molecule has 0 bridgehead atoms. The van der Waals surface area contributed by atoms with Gasteiger partial charge in [0, 0.05) is 11.3 Å². The number of rotatable bonds is 4. The van der Waals surface area contributed by atoms with E-state index in [1.807, 2.05) is 13.0 Å². The molecule has 4 N–H and O–H groups in total. The molecule has 0 aliphatic carbocycles. The average molecular weight is 294 g/mol. The van der Waals surface area contributed by atoms with Crippen LogP contribution in [0.2, 0.25) is 5.02 Å². The molecule has 106 valence electrons. The second kappa shape index (κ2) is 5.94. The van der Waals surface area contributed by atoms with Crippen molar-refractivity contribution < 1.29 is 4.74 Å². The normalized spacial score (nSPS) is 10.2. The van der Waals surface area contributed by atoms with E-state index < -0.39 is 0 Å². The molecule has 1 heterocycles. The molecule has 2 aromatic rings. The van der Waals surface area contributed by atoms with Crippen LogP contribution in [0.5, 0.6) is 5.75 Å². The molecular weight excluding hydrogens is 278 g/mol. The van der Waals surface area contributed by atoms with Crippen LogP contribution >= 0.6 is 11.6 Å². The molecule has 0 radical (unpaired) electrons. The lowest BCUT2D eigenvalue weighted by molar-refractivity contribution is 0.415. The van der Waals surface area contributed by atoms with E-state index in [-0.39, 0.29) is 0 Å². The third-order valence-electron chi connectivity index (χ3n) is 2.81. The lowest BCUT2D eigenvalue weighted by atomic mass is 10.2. The van der Waals surface area contributed by atoms with Gasteiger partial charge in [-0.1, -0.05) is 11.6 Å². The Bertz CT molecular complexity index is 632. The highest BCUT2D eigenvalue weighted by molar-refractivity contribution is 6.32. The van der Waals surface area contributed by atoms with E-state index in [0.717, 1.165) is 11.3 Å². The summed E-state index contributed by atoms with van der Waals surface area (Å²) in [6, 6.07) is 5.42. The highest BCUT2D eigenvalue weighted by Gasteiger charge is 2.09. The van der Waals surface area contributed by atoms with Crippen molar-refractivity contribution >= 4 is 28.9 Å². The van der Waals surface area contributed by atoms with Gasteiger partial charge in [0.2, 0.25) is 0 Å². The zero-order valence-electron chi connectivity index (χ0n) is 11.5. The first-order valence-electron chi connectivity index (χ1n) is 5.97. The fourth-order valence-corrected chi connectivity index (χ4v) is 2.03. The van der Waals surface area contributed by atoms with Gasteiger partial charge in [0.1, 0.15) is 23.2 Å². The van der Waals surface area contributed by atoms with Crippen molar-refractivity contribution in [3.05, 3.63) is 34.6 Å². The van der Waals surface area contributed by atoms with Gasteiger partial charge in [0.25, 0.3) is 0 Å². The second-order valence-electron chi connectivity index (χ2n) is 4.21. The van der Waals surface area contributed by atoms with E-state index >= 15 is 0 Å². The van der Waals surface area contributed by atoms with Gasteiger partial charge in [0.15, 0.2) is 0 Å². The van der Waals surface area contributed by atoms with Crippen LogP contribution in [0.1, 0.15) is 11.4 Å². The number of aromatic nitrogens is 2. The standard InChI is InChI=1S/C13H16ClN5O/c1-7-12(16-8(2)17-13(7)19-15)18-9-4-5-11(20-3)10(14)6-9/h4-6H,15H2,1-3H3,(H2,16,17,18,19). The number of nitrogens with one attached hydrogen (secondary N) is 2. The first kappa shape index (κ1) is 14.4. The van der Waals surface area contributed by atoms with Gasteiger partial charge >= 0.3 is 0 Å². The van der Waals surface area contributed by atoms with Crippen molar-refractivity contribution in [3.63, 3.8) is 0 Å². The summed E-state index contributed by atoms with van der Waals surface area (Å²) in [5, 5.41) is 3.72. The smallest absolute Gasteiger partial charge is 0.148 e. The molecule has 0 amide bonds. The summed E-state index contributed by atoms with van der Waals surface area (Å²) < 4.78 is 5.12. The van der Waals surface area contributed by atoms with Gasteiger partial charge in [-0.25, -0.2) is 15.8 Å². The maximum Gasteiger partial charge on any atom is 0.148 e. The molecule has 6 nitrogen and oxygen atoms in total. The van der Waals surface area contributed by atoms with Crippen molar-refractivity contribution in [1.82, 2.24) is 9.97 Å². The Morgan fingerprint density at radius 3 is 2.50 bits per heavy atom. The number of hydrazine groups is 1. The minimum absolute atomic E-state index is 0.526. The average Bonchev–Trinajstić information content (AvgIpc) is 2.42. The summed E-state index contributed by atoms with van der Waals surface area (Å²) in [5.41, 5.74) is 4.18. The molecule has 0 spiro atoms. The molecule has 0 aliphatic heterocycles. The lowest BCUT2D eigenvalue weighted by Crippen LogP contribution is -2.13. The molecule has 0 saturated heterocycles. The summed E-state index contributed by atoms with van der Waals surface area (Å²) >= 11 is 6.10. The molecule has 20 heavy (non-hydrogen) atoms. The van der Waals surface area contributed by atoms with E-state index in [9.17, 15) is 0 Å². The van der Waals surface area contributed by atoms with Crippen LogP contribution in [-0.4, -0.2) is 17.1 Å². The Morgan fingerprint density at radius 1 is 1.20 bits per heavy atom. The summed E-state index contributed by atoms with van der Waals surface area (Å²) in [6.07, 6.45) is 0. The fourth-order valence-electron chi connectivity index (χ4n) is 1.77. The summed E-state index contributed by atoms with van der Waals surface area (Å²) in [6.45, 7) is 3.68. The zero-order chi connectivity index (χ0) is 14.7. The molecule has 1 aromatic carbocycles. The van der Waals surface area contributed by atoms with Crippen molar-refractivity contribution in [2.75, 3.05) is 17.9 Å². The predicted octanol–water partition coefficient (Wildman–Crippen LogP) is 2.78. The highest BCUT2D eigenvalue weighted by atomic mass is 35.5. The third kappa shape index (κ3) is 2.92. The van der Waals surface area contributed by atoms with Crippen LogP contribution < -0.4 is 21.3 Å². The molecule has 0 unspecified atom stereocenters. The summed E-state index contributed by atoms with van der Waals surface area (Å²) in [4.78, 5) is 8.56. The molecule has 2 rings (SSSR count). The van der Waals surface area contributed by atoms with Crippen LogP contribution in [0.25, 0.3) is 0 Å². The Balaban J connectivity index is 2.34. The van der Waals surface area contributed by atoms with Crippen molar-refractivity contribution in [1.29, 1.82) is 0 Å². The SMILES string of the molecule is COc1ccc(Nc2nc(C)nc(NN)c2C)cc1Cl. The maximum absolute atomic E-state index is 6.10. The third-order valence-corrected chi connectivity index (χ3v) is 3.10. The van der Waals surface area contributed by atoms with Gasteiger partial charge < -0.3 is 15.5 Å². The largest absolute Gasteiger partial charge is 0.495 e. The molecule has 0 atom stereocenters. The van der Waals surface area contributed by atoms with Crippen molar-refractivity contribution in [2.45, 2.75) is 13.8 Å². The summed E-state index contributed by atoms with van der Waals surface area (Å²) in [5.74, 6) is 7.93.